The first-order valence-electron chi connectivity index (χ1n) is 8.26. The first-order chi connectivity index (χ1) is 12.5. The Labute approximate surface area is 156 Å². The van der Waals surface area contributed by atoms with E-state index in [2.05, 4.69) is 5.16 Å². The molecule has 1 aromatic rings. The van der Waals surface area contributed by atoms with Crippen molar-refractivity contribution in [3.63, 3.8) is 0 Å². The lowest BCUT2D eigenvalue weighted by Gasteiger charge is -2.08. The second-order valence-electron chi connectivity index (χ2n) is 5.82. The molecule has 0 aliphatic carbocycles. The van der Waals surface area contributed by atoms with Crippen LogP contribution in [0.25, 0.3) is 0 Å². The number of hydrogen-bond acceptors (Lipinski definition) is 5. The minimum atomic E-state index is -4.63. The maximum atomic E-state index is 12.2. The Balaban J connectivity index is 0.000000503. The minimum absolute atomic E-state index is 0.148. The van der Waals surface area contributed by atoms with Crippen molar-refractivity contribution < 1.29 is 36.1 Å². The zero-order chi connectivity index (χ0) is 20.9. The van der Waals surface area contributed by atoms with Gasteiger partial charge in [-0.3, -0.25) is 4.55 Å². The quantitative estimate of drug-likeness (QED) is 0.159. The Hall–Kier alpha value is -1.94. The van der Waals surface area contributed by atoms with Gasteiger partial charge in [-0.2, -0.15) is 21.6 Å². The van der Waals surface area contributed by atoms with Crippen LogP contribution in [-0.2, 0) is 14.9 Å². The molecule has 27 heavy (non-hydrogen) atoms. The summed E-state index contributed by atoms with van der Waals surface area (Å²) in [4.78, 5) is 9.91. The lowest BCUT2D eigenvalue weighted by molar-refractivity contribution is -0.107. The van der Waals surface area contributed by atoms with Crippen LogP contribution in [0.4, 0.5) is 13.2 Å². The van der Waals surface area contributed by atoms with Crippen LogP contribution in [0.5, 0.6) is 0 Å². The number of nitrogens with zero attached hydrogens (tertiary/aromatic N) is 1. The second kappa shape index (κ2) is 12.4. The average molecular weight is 411 g/mol. The number of benzene rings is 1. The molecule has 0 fully saturated rings. The molecule has 0 aromatic heterocycles. The molecule has 1 rings (SSSR count). The topological polar surface area (TPSA) is 104 Å². The molecule has 0 saturated carbocycles. The molecule has 0 aliphatic heterocycles. The van der Waals surface area contributed by atoms with E-state index >= 15 is 0 Å². The van der Waals surface area contributed by atoms with Crippen molar-refractivity contribution in [1.82, 2.24) is 0 Å². The fourth-order valence-corrected chi connectivity index (χ4v) is 2.60. The zero-order valence-corrected chi connectivity index (χ0v) is 15.8. The van der Waals surface area contributed by atoms with Crippen LogP contribution < -0.4 is 0 Å². The number of aldehydes is 1. The fourth-order valence-electron chi connectivity index (χ4n) is 2.03. The molecule has 2 N–H and O–H groups in total. The molecule has 154 valence electrons. The smallest absolute Gasteiger partial charge is 0.410 e. The highest BCUT2D eigenvalue weighted by Gasteiger charge is 2.37. The number of hydrogen-bond donors (Lipinski definition) is 2. The van der Waals surface area contributed by atoms with Crippen molar-refractivity contribution in [1.29, 1.82) is 0 Å². The van der Waals surface area contributed by atoms with Gasteiger partial charge < -0.3 is 10.0 Å². The molecule has 0 amide bonds. The van der Waals surface area contributed by atoms with Gasteiger partial charge in [-0.25, -0.2) is 0 Å². The van der Waals surface area contributed by atoms with E-state index in [4.69, 9.17) is 9.76 Å². The van der Waals surface area contributed by atoms with Crippen LogP contribution in [0.15, 0.2) is 29.4 Å². The predicted molar refractivity (Wildman–Crippen MR) is 95.7 cm³/mol. The van der Waals surface area contributed by atoms with Crippen molar-refractivity contribution in [2.24, 2.45) is 5.16 Å². The summed E-state index contributed by atoms with van der Waals surface area (Å²) >= 11 is 0. The first kappa shape index (κ1) is 25.1. The number of unbranched alkanes of at least 4 members (excludes halogenated alkanes) is 5. The lowest BCUT2D eigenvalue weighted by Crippen LogP contribution is -2.23. The van der Waals surface area contributed by atoms with Crippen molar-refractivity contribution in [2.45, 2.75) is 51.6 Å². The van der Waals surface area contributed by atoms with Crippen LogP contribution in [0.1, 0.15) is 49.7 Å². The van der Waals surface area contributed by atoms with Gasteiger partial charge in [-0.1, -0.05) is 54.2 Å². The average Bonchev–Trinajstić information content (AvgIpc) is 2.55. The molecule has 0 saturated heterocycles. The number of halogens is 3. The SMILES string of the molecule is Cc1ccc(C(=NO)C(F)(F)F)cc1.O=CCCCCCCCS(=O)(=O)O. The van der Waals surface area contributed by atoms with E-state index in [0.29, 0.717) is 12.8 Å². The molecule has 0 heterocycles. The highest BCUT2D eigenvalue weighted by atomic mass is 32.2. The van der Waals surface area contributed by atoms with Gasteiger partial charge in [0.05, 0.1) is 5.75 Å². The van der Waals surface area contributed by atoms with Gasteiger partial charge in [0.25, 0.3) is 10.1 Å². The van der Waals surface area contributed by atoms with Crippen LogP contribution >= 0.6 is 0 Å². The maximum absolute atomic E-state index is 12.2. The molecule has 1 aromatic carbocycles. The third-order valence-corrected chi connectivity index (χ3v) is 4.22. The minimum Gasteiger partial charge on any atom is -0.410 e. The summed E-state index contributed by atoms with van der Waals surface area (Å²) < 4.78 is 65.6. The Bertz CT molecular complexity index is 686. The fraction of sp³-hybridized carbons (Fsp3) is 0.529. The predicted octanol–water partition coefficient (Wildman–Crippen LogP) is 4.15. The van der Waals surface area contributed by atoms with Crippen molar-refractivity contribution in [2.75, 3.05) is 5.75 Å². The van der Waals surface area contributed by atoms with Crippen LogP contribution in [-0.4, -0.2) is 42.1 Å². The van der Waals surface area contributed by atoms with E-state index in [1.54, 1.807) is 6.92 Å². The van der Waals surface area contributed by atoms with E-state index in [9.17, 15) is 26.4 Å². The number of oxime groups is 1. The zero-order valence-electron chi connectivity index (χ0n) is 14.9. The number of carbonyl (C=O) groups is 1. The number of alkyl halides is 3. The third kappa shape index (κ3) is 13.0. The van der Waals surface area contributed by atoms with Gasteiger partial charge in [0, 0.05) is 12.0 Å². The summed E-state index contributed by atoms with van der Waals surface area (Å²) in [5.74, 6) is -0.152. The Kier molecular flexibility index (Phi) is 11.6. The molecule has 0 unspecified atom stereocenters. The number of carbonyl (C=O) groups excluding carboxylic acids is 1. The van der Waals surface area contributed by atoms with E-state index < -0.39 is 22.0 Å². The molecule has 0 bridgehead atoms. The van der Waals surface area contributed by atoms with Gasteiger partial charge in [0.15, 0.2) is 5.71 Å². The van der Waals surface area contributed by atoms with Gasteiger partial charge in [0.2, 0.25) is 0 Å². The Morgan fingerprint density at radius 3 is 2.04 bits per heavy atom. The third-order valence-electron chi connectivity index (χ3n) is 3.42. The molecular formula is C17H24F3NO5S. The monoisotopic (exact) mass is 411 g/mol. The molecule has 0 radical (unpaired) electrons. The molecular weight excluding hydrogens is 387 g/mol. The number of aryl methyl sites for hydroxylation is 1. The van der Waals surface area contributed by atoms with Crippen molar-refractivity contribution in [3.05, 3.63) is 35.4 Å². The highest BCUT2D eigenvalue weighted by Crippen LogP contribution is 2.22. The van der Waals surface area contributed by atoms with Crippen molar-refractivity contribution in [3.8, 4) is 0 Å². The Morgan fingerprint density at radius 2 is 1.59 bits per heavy atom. The first-order valence-corrected chi connectivity index (χ1v) is 9.87. The molecule has 0 aliphatic rings. The Morgan fingerprint density at radius 1 is 1.07 bits per heavy atom. The molecule has 0 spiro atoms. The second-order valence-corrected chi connectivity index (χ2v) is 7.39. The highest BCUT2D eigenvalue weighted by molar-refractivity contribution is 7.85. The van der Waals surface area contributed by atoms with E-state index in [0.717, 1.165) is 37.5 Å². The molecule has 0 atom stereocenters. The standard InChI is InChI=1S/C9H8F3NO.C8H16O4S/c1-6-2-4-7(5-3-6)8(13-14)9(10,11)12;9-7-5-3-1-2-4-6-8-13(10,11)12/h2-5,14H,1H3;7H,1-6,8H2,(H,10,11,12). The molecule has 10 heteroatoms. The summed E-state index contributed by atoms with van der Waals surface area (Å²) in [5.41, 5.74) is -0.587. The van der Waals surface area contributed by atoms with Gasteiger partial charge >= 0.3 is 6.18 Å². The van der Waals surface area contributed by atoms with Crippen LogP contribution in [0.3, 0.4) is 0 Å². The molecule has 6 nitrogen and oxygen atoms in total. The van der Waals surface area contributed by atoms with Crippen LogP contribution in [0.2, 0.25) is 0 Å². The largest absolute Gasteiger partial charge is 0.437 e. The van der Waals surface area contributed by atoms with Crippen molar-refractivity contribution >= 4 is 22.1 Å². The summed E-state index contributed by atoms with van der Waals surface area (Å²) in [6, 6.07) is 5.56. The maximum Gasteiger partial charge on any atom is 0.437 e. The summed E-state index contributed by atoms with van der Waals surface area (Å²) in [6.45, 7) is 1.76. The number of rotatable bonds is 9. The van der Waals surface area contributed by atoms with E-state index in [1.807, 2.05) is 0 Å². The summed E-state index contributed by atoms with van der Waals surface area (Å²) in [5, 5.41) is 10.5. The van der Waals surface area contributed by atoms with Gasteiger partial charge in [-0.05, 0) is 19.8 Å². The summed E-state index contributed by atoms with van der Waals surface area (Å²) in [7, 11) is -3.78. The lowest BCUT2D eigenvalue weighted by atomic mass is 10.1. The summed E-state index contributed by atoms with van der Waals surface area (Å²) in [6.07, 6.45) is 0.863. The normalized spacial score (nSPS) is 12.3. The van der Waals surface area contributed by atoms with E-state index in [-0.39, 0.29) is 11.3 Å². The van der Waals surface area contributed by atoms with Gasteiger partial charge in [-0.15, -0.1) is 0 Å². The van der Waals surface area contributed by atoms with E-state index in [1.165, 1.54) is 24.3 Å². The van der Waals surface area contributed by atoms with Gasteiger partial charge in [0.1, 0.15) is 6.29 Å². The van der Waals surface area contributed by atoms with Crippen LogP contribution in [0, 0.1) is 6.92 Å².